The Kier molecular flexibility index (Phi) is 4.68. The van der Waals surface area contributed by atoms with Gasteiger partial charge in [0.15, 0.2) is 5.76 Å². The van der Waals surface area contributed by atoms with Gasteiger partial charge in [0.1, 0.15) is 0 Å². The van der Waals surface area contributed by atoms with Crippen molar-refractivity contribution in [3.63, 3.8) is 0 Å². The molecule has 0 saturated carbocycles. The van der Waals surface area contributed by atoms with Gasteiger partial charge in [-0.3, -0.25) is 0 Å². The molecular formula is C13H21N5O. The van der Waals surface area contributed by atoms with Crippen LogP contribution in [0.4, 0.5) is 0 Å². The fourth-order valence-electron chi connectivity index (χ4n) is 1.90. The highest BCUT2D eigenvalue weighted by Crippen LogP contribution is 2.14. The third-order valence-electron chi connectivity index (χ3n) is 3.05. The van der Waals surface area contributed by atoms with Gasteiger partial charge in [0.05, 0.1) is 12.3 Å². The minimum absolute atomic E-state index is 0.163. The van der Waals surface area contributed by atoms with E-state index in [9.17, 15) is 0 Å². The Labute approximate surface area is 113 Å². The molecule has 2 aromatic rings. The van der Waals surface area contributed by atoms with Crippen LogP contribution in [0.15, 0.2) is 22.8 Å². The first-order valence-corrected chi connectivity index (χ1v) is 6.77. The lowest BCUT2D eigenvalue weighted by Gasteiger charge is -2.16. The van der Waals surface area contributed by atoms with E-state index in [1.807, 2.05) is 12.1 Å². The standard InChI is InChI=1S/C13H21N5O/c1-4-6-10(2)14-9-11(3)18-16-13(15-17-18)12-7-5-8-19-12/h5,7-8,10-11,14H,4,6,9H2,1-3H3. The second kappa shape index (κ2) is 6.47. The van der Waals surface area contributed by atoms with E-state index in [2.05, 4.69) is 41.5 Å². The van der Waals surface area contributed by atoms with Crippen LogP contribution in [0.2, 0.25) is 0 Å². The van der Waals surface area contributed by atoms with Crippen LogP contribution in [0.3, 0.4) is 0 Å². The van der Waals surface area contributed by atoms with E-state index >= 15 is 0 Å². The molecule has 0 aliphatic rings. The van der Waals surface area contributed by atoms with Crippen molar-refractivity contribution in [3.05, 3.63) is 18.4 Å². The van der Waals surface area contributed by atoms with E-state index in [0.29, 0.717) is 17.6 Å². The lowest BCUT2D eigenvalue weighted by molar-refractivity contribution is 0.376. The summed E-state index contributed by atoms with van der Waals surface area (Å²) in [6.45, 7) is 7.28. The van der Waals surface area contributed by atoms with Crippen molar-refractivity contribution >= 4 is 0 Å². The van der Waals surface area contributed by atoms with Gasteiger partial charge in [-0.2, -0.15) is 4.80 Å². The Morgan fingerprint density at radius 1 is 1.42 bits per heavy atom. The summed E-state index contributed by atoms with van der Waals surface area (Å²) in [7, 11) is 0. The number of aromatic nitrogens is 4. The average Bonchev–Trinajstić information content (AvgIpc) is 3.06. The van der Waals surface area contributed by atoms with Crippen LogP contribution < -0.4 is 5.32 Å². The lowest BCUT2D eigenvalue weighted by Crippen LogP contribution is -2.32. The normalized spacial score (nSPS) is 14.5. The summed E-state index contributed by atoms with van der Waals surface area (Å²) < 4.78 is 5.25. The largest absolute Gasteiger partial charge is 0.461 e. The Hall–Kier alpha value is -1.69. The van der Waals surface area contributed by atoms with Crippen LogP contribution in [-0.2, 0) is 0 Å². The molecule has 0 amide bonds. The van der Waals surface area contributed by atoms with Crippen LogP contribution in [-0.4, -0.2) is 32.8 Å². The summed E-state index contributed by atoms with van der Waals surface area (Å²) in [5.74, 6) is 1.17. The van der Waals surface area contributed by atoms with Crippen molar-refractivity contribution in [2.75, 3.05) is 6.54 Å². The molecule has 6 heteroatoms. The van der Waals surface area contributed by atoms with E-state index in [1.165, 1.54) is 12.8 Å². The molecule has 6 nitrogen and oxygen atoms in total. The van der Waals surface area contributed by atoms with Crippen LogP contribution in [0.5, 0.6) is 0 Å². The second-order valence-corrected chi connectivity index (χ2v) is 4.86. The second-order valence-electron chi connectivity index (χ2n) is 4.86. The smallest absolute Gasteiger partial charge is 0.240 e. The fraction of sp³-hybridized carbons (Fsp3) is 0.615. The molecular weight excluding hydrogens is 242 g/mol. The predicted octanol–water partition coefficient (Wildman–Crippen LogP) is 2.27. The molecule has 19 heavy (non-hydrogen) atoms. The average molecular weight is 263 g/mol. The zero-order valence-electron chi connectivity index (χ0n) is 11.7. The first kappa shape index (κ1) is 13.7. The molecule has 0 spiro atoms. The van der Waals surface area contributed by atoms with Crippen molar-refractivity contribution in [2.24, 2.45) is 0 Å². The SMILES string of the molecule is CCCC(C)NCC(C)n1nnc(-c2ccco2)n1. The lowest BCUT2D eigenvalue weighted by atomic mass is 10.2. The molecule has 0 aromatic carbocycles. The van der Waals surface area contributed by atoms with Crippen LogP contribution in [0.1, 0.15) is 39.7 Å². The number of nitrogens with zero attached hydrogens (tertiary/aromatic N) is 4. The molecule has 2 heterocycles. The first-order chi connectivity index (χ1) is 9.20. The fourth-order valence-corrected chi connectivity index (χ4v) is 1.90. The summed E-state index contributed by atoms with van der Waals surface area (Å²) in [5, 5.41) is 15.9. The van der Waals surface area contributed by atoms with Crippen LogP contribution >= 0.6 is 0 Å². The van der Waals surface area contributed by atoms with Crippen LogP contribution in [0.25, 0.3) is 11.6 Å². The Morgan fingerprint density at radius 2 is 2.26 bits per heavy atom. The maximum absolute atomic E-state index is 5.25. The molecule has 2 atom stereocenters. The molecule has 104 valence electrons. The number of furan rings is 1. The van der Waals surface area contributed by atoms with Gasteiger partial charge in [-0.05, 0) is 37.6 Å². The van der Waals surface area contributed by atoms with Crippen molar-refractivity contribution in [3.8, 4) is 11.6 Å². The maximum Gasteiger partial charge on any atom is 0.240 e. The monoisotopic (exact) mass is 263 g/mol. The molecule has 0 saturated heterocycles. The number of tetrazole rings is 1. The third-order valence-corrected chi connectivity index (χ3v) is 3.05. The van der Waals surface area contributed by atoms with Gasteiger partial charge in [0, 0.05) is 12.6 Å². The first-order valence-electron chi connectivity index (χ1n) is 6.77. The minimum atomic E-state index is 0.163. The quantitative estimate of drug-likeness (QED) is 0.830. The summed E-state index contributed by atoms with van der Waals surface area (Å²) in [5.41, 5.74) is 0. The van der Waals surface area contributed by atoms with E-state index in [1.54, 1.807) is 11.1 Å². The number of hydrogen-bond donors (Lipinski definition) is 1. The van der Waals surface area contributed by atoms with Gasteiger partial charge in [-0.15, -0.1) is 10.2 Å². The van der Waals surface area contributed by atoms with Gasteiger partial charge in [0.25, 0.3) is 0 Å². The highest BCUT2D eigenvalue weighted by molar-refractivity contribution is 5.43. The Morgan fingerprint density at radius 3 is 2.95 bits per heavy atom. The Balaban J connectivity index is 1.91. The molecule has 2 aromatic heterocycles. The molecule has 0 bridgehead atoms. The van der Waals surface area contributed by atoms with Gasteiger partial charge < -0.3 is 9.73 Å². The number of nitrogens with one attached hydrogen (secondary N) is 1. The maximum atomic E-state index is 5.25. The van der Waals surface area contributed by atoms with E-state index in [0.717, 1.165) is 6.54 Å². The Bertz CT molecular complexity index is 479. The van der Waals surface area contributed by atoms with Gasteiger partial charge >= 0.3 is 0 Å². The molecule has 0 aliphatic carbocycles. The topological polar surface area (TPSA) is 68.8 Å². The van der Waals surface area contributed by atoms with Crippen molar-refractivity contribution in [1.29, 1.82) is 0 Å². The molecule has 1 N–H and O–H groups in total. The van der Waals surface area contributed by atoms with E-state index < -0.39 is 0 Å². The van der Waals surface area contributed by atoms with Crippen molar-refractivity contribution in [1.82, 2.24) is 25.5 Å². The summed E-state index contributed by atoms with van der Waals surface area (Å²) in [6.07, 6.45) is 3.97. The molecule has 2 rings (SSSR count). The van der Waals surface area contributed by atoms with Crippen molar-refractivity contribution in [2.45, 2.75) is 45.7 Å². The van der Waals surface area contributed by atoms with Crippen molar-refractivity contribution < 1.29 is 4.42 Å². The summed E-state index contributed by atoms with van der Waals surface area (Å²) in [4.78, 5) is 1.63. The zero-order chi connectivity index (χ0) is 13.7. The number of hydrogen-bond acceptors (Lipinski definition) is 5. The van der Waals surface area contributed by atoms with Crippen LogP contribution in [0, 0.1) is 0 Å². The molecule has 0 radical (unpaired) electrons. The van der Waals surface area contributed by atoms with E-state index in [-0.39, 0.29) is 6.04 Å². The van der Waals surface area contributed by atoms with E-state index in [4.69, 9.17) is 4.42 Å². The number of rotatable bonds is 7. The van der Waals surface area contributed by atoms with Gasteiger partial charge in [0.2, 0.25) is 5.82 Å². The molecule has 0 fully saturated rings. The van der Waals surface area contributed by atoms with Gasteiger partial charge in [-0.25, -0.2) is 0 Å². The summed E-state index contributed by atoms with van der Waals surface area (Å²) >= 11 is 0. The molecule has 2 unspecified atom stereocenters. The minimum Gasteiger partial charge on any atom is -0.461 e. The highest BCUT2D eigenvalue weighted by Gasteiger charge is 2.13. The molecule has 0 aliphatic heterocycles. The van der Waals surface area contributed by atoms with Gasteiger partial charge in [-0.1, -0.05) is 13.3 Å². The highest BCUT2D eigenvalue weighted by atomic mass is 16.3. The zero-order valence-corrected chi connectivity index (χ0v) is 11.7. The summed E-state index contributed by atoms with van der Waals surface area (Å²) in [6, 6.07) is 4.32. The third kappa shape index (κ3) is 3.64. The predicted molar refractivity (Wildman–Crippen MR) is 72.6 cm³/mol.